The van der Waals surface area contributed by atoms with E-state index in [0.29, 0.717) is 5.54 Å². The number of rotatable bonds is 7. The molecule has 15 heavy (non-hydrogen) atoms. The minimum Gasteiger partial charge on any atom is -0.397 e. The zero-order valence-electron chi connectivity index (χ0n) is 10.5. The number of hydrogen-bond donors (Lipinski definition) is 0. The number of allylic oxidation sites excluding steroid dienone is 1. The Balaban J connectivity index is 2.62. The van der Waals surface area contributed by atoms with Gasteiger partial charge < -0.3 is 8.85 Å². The Kier molecular flexibility index (Phi) is 4.56. The Labute approximate surface area is 94.9 Å². The molecule has 1 rings (SSSR count). The van der Waals surface area contributed by atoms with Crippen molar-refractivity contribution in [2.24, 2.45) is 5.92 Å². The minimum atomic E-state index is -1.97. The van der Waals surface area contributed by atoms with E-state index in [4.69, 9.17) is 8.85 Å². The fourth-order valence-electron chi connectivity index (χ4n) is 2.56. The first kappa shape index (κ1) is 12.9. The molecular formula is C12H24O2Si. The molecule has 0 aromatic heterocycles. The van der Waals surface area contributed by atoms with Gasteiger partial charge in [0.2, 0.25) is 0 Å². The number of hydrogen-bond acceptors (Lipinski definition) is 2. The van der Waals surface area contributed by atoms with Gasteiger partial charge in [-0.25, -0.2) is 0 Å². The second-order valence-corrected chi connectivity index (χ2v) is 8.28. The lowest BCUT2D eigenvalue weighted by Crippen LogP contribution is -2.41. The highest BCUT2D eigenvalue weighted by Crippen LogP contribution is 2.56. The molecule has 0 spiro atoms. The molecule has 1 fully saturated rings. The van der Waals surface area contributed by atoms with E-state index in [-0.39, 0.29) is 0 Å². The molecule has 0 bridgehead atoms. The van der Waals surface area contributed by atoms with Crippen LogP contribution in [0.25, 0.3) is 0 Å². The van der Waals surface area contributed by atoms with E-state index in [0.717, 1.165) is 12.0 Å². The van der Waals surface area contributed by atoms with Crippen LogP contribution in [0.2, 0.25) is 11.6 Å². The summed E-state index contributed by atoms with van der Waals surface area (Å²) in [5.74, 6) is 0.848. The van der Waals surface area contributed by atoms with Crippen molar-refractivity contribution in [3.8, 4) is 0 Å². The fraction of sp³-hybridized carbons (Fsp3) is 0.833. The summed E-state index contributed by atoms with van der Waals surface area (Å²) >= 11 is 0. The monoisotopic (exact) mass is 228 g/mol. The summed E-state index contributed by atoms with van der Waals surface area (Å²) in [6.45, 7) is 8.31. The third-order valence-electron chi connectivity index (χ3n) is 3.39. The Morgan fingerprint density at radius 1 is 1.40 bits per heavy atom. The molecule has 0 amide bonds. The van der Waals surface area contributed by atoms with Crippen LogP contribution in [0.3, 0.4) is 0 Å². The van der Waals surface area contributed by atoms with Gasteiger partial charge in [-0.05, 0) is 19.3 Å². The molecule has 2 unspecified atom stereocenters. The van der Waals surface area contributed by atoms with Crippen molar-refractivity contribution in [2.75, 3.05) is 14.2 Å². The predicted molar refractivity (Wildman–Crippen MR) is 66.2 cm³/mol. The fourth-order valence-corrected chi connectivity index (χ4v) is 6.27. The maximum Gasteiger partial charge on any atom is 0.345 e. The van der Waals surface area contributed by atoms with Crippen LogP contribution in [0.1, 0.15) is 33.1 Å². The normalized spacial score (nSPS) is 25.3. The maximum atomic E-state index is 5.75. The second-order valence-electron chi connectivity index (χ2n) is 4.74. The third-order valence-corrected chi connectivity index (χ3v) is 7.70. The van der Waals surface area contributed by atoms with Crippen molar-refractivity contribution >= 4 is 8.56 Å². The highest BCUT2D eigenvalue weighted by atomic mass is 28.4. The summed E-state index contributed by atoms with van der Waals surface area (Å²) in [7, 11) is 1.64. The van der Waals surface area contributed by atoms with Crippen LogP contribution < -0.4 is 0 Å². The largest absolute Gasteiger partial charge is 0.397 e. The van der Waals surface area contributed by atoms with Gasteiger partial charge in [-0.2, -0.15) is 0 Å². The molecule has 1 aliphatic rings. The topological polar surface area (TPSA) is 18.5 Å². The van der Waals surface area contributed by atoms with Crippen molar-refractivity contribution in [1.29, 1.82) is 0 Å². The molecule has 0 aliphatic heterocycles. The first-order valence-electron chi connectivity index (χ1n) is 5.84. The van der Waals surface area contributed by atoms with Crippen LogP contribution in [0.4, 0.5) is 0 Å². The summed E-state index contributed by atoms with van der Waals surface area (Å²) in [4.78, 5) is 0. The zero-order valence-corrected chi connectivity index (χ0v) is 11.5. The molecule has 1 saturated carbocycles. The van der Waals surface area contributed by atoms with Gasteiger partial charge >= 0.3 is 8.56 Å². The van der Waals surface area contributed by atoms with Crippen molar-refractivity contribution < 1.29 is 8.85 Å². The van der Waals surface area contributed by atoms with Gasteiger partial charge in [0.05, 0.1) is 0 Å². The lowest BCUT2D eigenvalue weighted by atomic mass is 10.2. The molecule has 3 heteroatoms. The molecule has 88 valence electrons. The molecule has 1 aliphatic carbocycles. The second kappa shape index (κ2) is 5.28. The lowest BCUT2D eigenvalue weighted by molar-refractivity contribution is 0.240. The Bertz CT molecular complexity index is 224. The predicted octanol–water partition coefficient (Wildman–Crippen LogP) is 3.49. The van der Waals surface area contributed by atoms with Crippen LogP contribution >= 0.6 is 0 Å². The van der Waals surface area contributed by atoms with Crippen LogP contribution in [-0.4, -0.2) is 22.8 Å². The van der Waals surface area contributed by atoms with Gasteiger partial charge in [0.25, 0.3) is 0 Å². The highest BCUT2D eigenvalue weighted by molar-refractivity contribution is 6.70. The van der Waals surface area contributed by atoms with Gasteiger partial charge in [0, 0.05) is 25.8 Å². The van der Waals surface area contributed by atoms with E-state index in [1.165, 1.54) is 24.8 Å². The van der Waals surface area contributed by atoms with Crippen molar-refractivity contribution in [3.63, 3.8) is 0 Å². The molecular weight excluding hydrogens is 204 g/mol. The first-order valence-corrected chi connectivity index (χ1v) is 7.94. The first-order chi connectivity index (χ1) is 7.09. The molecule has 0 aromatic carbocycles. The van der Waals surface area contributed by atoms with E-state index < -0.39 is 8.56 Å². The van der Waals surface area contributed by atoms with Crippen LogP contribution in [0.15, 0.2) is 12.2 Å². The van der Waals surface area contributed by atoms with Gasteiger partial charge in [-0.3, -0.25) is 0 Å². The molecule has 0 N–H and O–H groups in total. The summed E-state index contributed by atoms with van der Waals surface area (Å²) in [6, 6.07) is 0.949. The Morgan fingerprint density at radius 2 is 2.00 bits per heavy atom. The average Bonchev–Trinajstić information content (AvgIpc) is 2.94. The lowest BCUT2D eigenvalue weighted by Gasteiger charge is -2.28. The van der Waals surface area contributed by atoms with E-state index in [2.05, 4.69) is 20.4 Å². The molecule has 0 saturated heterocycles. The van der Waals surface area contributed by atoms with Crippen LogP contribution in [0.5, 0.6) is 0 Å². The van der Waals surface area contributed by atoms with Crippen molar-refractivity contribution in [3.05, 3.63) is 12.2 Å². The molecule has 2 atom stereocenters. The van der Waals surface area contributed by atoms with Gasteiger partial charge in [-0.15, -0.1) is 6.58 Å². The van der Waals surface area contributed by atoms with Gasteiger partial charge in [-0.1, -0.05) is 25.3 Å². The Morgan fingerprint density at radius 3 is 2.40 bits per heavy atom. The smallest absolute Gasteiger partial charge is 0.345 e. The van der Waals surface area contributed by atoms with Crippen LogP contribution in [0, 0.1) is 5.92 Å². The van der Waals surface area contributed by atoms with E-state index in [9.17, 15) is 0 Å². The van der Waals surface area contributed by atoms with E-state index in [1.54, 1.807) is 14.2 Å². The van der Waals surface area contributed by atoms with E-state index >= 15 is 0 Å². The molecule has 0 radical (unpaired) electrons. The third kappa shape index (κ3) is 2.92. The van der Waals surface area contributed by atoms with E-state index in [1.807, 2.05) is 0 Å². The maximum absolute atomic E-state index is 5.75. The minimum absolute atomic E-state index is 0.698. The Hall–Kier alpha value is -0.123. The quantitative estimate of drug-likeness (QED) is 0.490. The molecule has 0 heterocycles. The summed E-state index contributed by atoms with van der Waals surface area (Å²) in [5.41, 5.74) is 1.89. The highest BCUT2D eigenvalue weighted by Gasteiger charge is 2.56. The molecule has 0 aromatic rings. The summed E-state index contributed by atoms with van der Waals surface area (Å²) in [6.07, 6.45) is 3.89. The average molecular weight is 228 g/mol. The standard InChI is InChI=1S/C12H24O2Si/c1-6-7-11-8-12(11)15(13-4,14-5)9-10(2)3/h11-12H,2,6-9H2,1,3-5H3. The zero-order chi connectivity index (χ0) is 11.5. The van der Waals surface area contributed by atoms with Crippen molar-refractivity contribution in [2.45, 2.75) is 44.7 Å². The van der Waals surface area contributed by atoms with Crippen LogP contribution in [-0.2, 0) is 8.85 Å². The van der Waals surface area contributed by atoms with Gasteiger partial charge in [0.1, 0.15) is 0 Å². The van der Waals surface area contributed by atoms with Gasteiger partial charge in [0.15, 0.2) is 0 Å². The summed E-state index contributed by atoms with van der Waals surface area (Å²) < 4.78 is 11.5. The summed E-state index contributed by atoms with van der Waals surface area (Å²) in [5, 5.41) is 0. The SMILES string of the molecule is C=C(C)C[Si](OC)(OC)C1CC1CCC. The molecule has 2 nitrogen and oxygen atoms in total. The van der Waals surface area contributed by atoms with Crippen molar-refractivity contribution in [1.82, 2.24) is 0 Å².